The molecule has 0 bridgehead atoms. The van der Waals surface area contributed by atoms with Crippen LogP contribution >= 0.6 is 67.8 Å². The van der Waals surface area contributed by atoms with Gasteiger partial charge in [-0.15, -0.1) is 0 Å². The second kappa shape index (κ2) is 6.38. The first kappa shape index (κ1) is 13.7. The fourth-order valence-electron chi connectivity index (χ4n) is 0.908. The van der Waals surface area contributed by atoms with Gasteiger partial charge in [-0.2, -0.15) is 0 Å². The second-order valence-corrected chi connectivity index (χ2v) is 8.08. The topological polar surface area (TPSA) is 26.3 Å². The van der Waals surface area contributed by atoms with Crippen molar-refractivity contribution in [2.75, 3.05) is 0 Å². The van der Waals surface area contributed by atoms with Crippen molar-refractivity contribution >= 4 is 73.7 Å². The van der Waals surface area contributed by atoms with Gasteiger partial charge in [0.1, 0.15) is 9.33 Å². The fourth-order valence-corrected chi connectivity index (χ4v) is 1.46. The lowest BCUT2D eigenvalue weighted by atomic mass is 10.2. The Morgan fingerprint density at radius 3 is 2.47 bits per heavy atom. The SMILES string of the molecule is Cc1cccc(OC(=O)C(I)=C(I)I)c1. The van der Waals surface area contributed by atoms with E-state index in [-0.39, 0.29) is 5.97 Å². The van der Waals surface area contributed by atoms with Crippen LogP contribution in [0.3, 0.4) is 0 Å². The van der Waals surface area contributed by atoms with Crippen molar-refractivity contribution in [1.29, 1.82) is 0 Å². The average Bonchev–Trinajstić information content (AvgIpc) is 2.16. The molecule has 1 rings (SSSR count). The Morgan fingerprint density at radius 1 is 1.27 bits per heavy atom. The molecule has 0 aliphatic heterocycles. The van der Waals surface area contributed by atoms with E-state index in [2.05, 4.69) is 45.2 Å². The smallest absolute Gasteiger partial charge is 0.351 e. The van der Waals surface area contributed by atoms with Gasteiger partial charge in [-0.3, -0.25) is 0 Å². The van der Waals surface area contributed by atoms with Crippen LogP contribution in [0.4, 0.5) is 0 Å². The van der Waals surface area contributed by atoms with E-state index >= 15 is 0 Å². The first-order chi connectivity index (χ1) is 7.00. The lowest BCUT2D eigenvalue weighted by molar-refractivity contribution is -0.129. The Labute approximate surface area is 129 Å². The van der Waals surface area contributed by atoms with Gasteiger partial charge in [0.05, 0.1) is 1.59 Å². The number of hydrogen-bond donors (Lipinski definition) is 0. The summed E-state index contributed by atoms with van der Waals surface area (Å²) >= 11 is 6.17. The van der Waals surface area contributed by atoms with Crippen LogP contribution in [0.1, 0.15) is 5.56 Å². The molecular weight excluding hydrogens is 533 g/mol. The van der Waals surface area contributed by atoms with Crippen molar-refractivity contribution in [3.63, 3.8) is 0 Å². The molecule has 0 fully saturated rings. The molecule has 0 heterocycles. The fraction of sp³-hybridized carbons (Fsp3) is 0.100. The van der Waals surface area contributed by atoms with Gasteiger partial charge >= 0.3 is 5.97 Å². The van der Waals surface area contributed by atoms with Crippen LogP contribution < -0.4 is 4.74 Å². The van der Waals surface area contributed by atoms with E-state index in [4.69, 9.17) is 4.74 Å². The lowest BCUT2D eigenvalue weighted by Crippen LogP contribution is -2.07. The molecule has 5 heteroatoms. The zero-order chi connectivity index (χ0) is 11.4. The minimum atomic E-state index is -0.306. The average molecular weight is 540 g/mol. The normalized spacial score (nSPS) is 9.60. The highest BCUT2D eigenvalue weighted by atomic mass is 127. The molecule has 0 aliphatic carbocycles. The summed E-state index contributed by atoms with van der Waals surface area (Å²) < 4.78 is 6.72. The molecule has 0 radical (unpaired) electrons. The standard InChI is InChI=1S/C10H7I3O2/c1-6-3-2-4-7(5-6)15-10(14)8(11)9(12)13/h2-5H,1H3. The monoisotopic (exact) mass is 540 g/mol. The zero-order valence-corrected chi connectivity index (χ0v) is 14.2. The highest BCUT2D eigenvalue weighted by Crippen LogP contribution is 2.27. The molecule has 0 saturated carbocycles. The molecule has 0 N–H and O–H groups in total. The van der Waals surface area contributed by atoms with Gasteiger partial charge in [-0.1, -0.05) is 12.1 Å². The van der Waals surface area contributed by atoms with Crippen molar-refractivity contribution in [2.45, 2.75) is 6.92 Å². The van der Waals surface area contributed by atoms with E-state index in [1.807, 2.05) is 47.7 Å². The molecule has 1 aromatic carbocycles. The third kappa shape index (κ3) is 4.55. The number of hydrogen-bond acceptors (Lipinski definition) is 2. The van der Waals surface area contributed by atoms with Crippen molar-refractivity contribution in [3.8, 4) is 5.75 Å². The van der Waals surface area contributed by atoms with E-state index in [1.54, 1.807) is 6.07 Å². The Kier molecular flexibility index (Phi) is 5.82. The van der Waals surface area contributed by atoms with Crippen LogP contribution in [-0.2, 0) is 4.79 Å². The minimum absolute atomic E-state index is 0.306. The van der Waals surface area contributed by atoms with Gasteiger partial charge in [-0.05, 0) is 92.4 Å². The van der Waals surface area contributed by atoms with E-state index in [1.165, 1.54) is 0 Å². The molecule has 0 saturated heterocycles. The highest BCUT2D eigenvalue weighted by Gasteiger charge is 2.11. The van der Waals surface area contributed by atoms with Crippen LogP contribution in [0.25, 0.3) is 0 Å². The summed E-state index contributed by atoms with van der Waals surface area (Å²) in [4.78, 5) is 11.6. The summed E-state index contributed by atoms with van der Waals surface area (Å²) in [6.45, 7) is 1.96. The molecule has 0 aromatic heterocycles. The molecule has 2 nitrogen and oxygen atoms in total. The Bertz CT molecular complexity index is 409. The van der Waals surface area contributed by atoms with Gasteiger partial charge in [0, 0.05) is 0 Å². The number of esters is 1. The van der Waals surface area contributed by atoms with E-state index in [0.29, 0.717) is 9.33 Å². The third-order valence-electron chi connectivity index (χ3n) is 1.55. The van der Waals surface area contributed by atoms with Gasteiger partial charge in [0.25, 0.3) is 0 Å². The Morgan fingerprint density at radius 2 is 1.93 bits per heavy atom. The Hall–Kier alpha value is 0.620. The van der Waals surface area contributed by atoms with Crippen LogP contribution in [0.2, 0.25) is 0 Å². The molecule has 0 spiro atoms. The van der Waals surface area contributed by atoms with E-state index in [0.717, 1.165) is 7.15 Å². The molecule has 0 unspecified atom stereocenters. The maximum absolute atomic E-state index is 11.6. The second-order valence-electron chi connectivity index (χ2n) is 2.78. The highest BCUT2D eigenvalue weighted by molar-refractivity contribution is 14.2. The molecule has 0 amide bonds. The van der Waals surface area contributed by atoms with E-state index in [9.17, 15) is 4.79 Å². The largest absolute Gasteiger partial charge is 0.423 e. The molecule has 0 atom stereocenters. The number of aryl methyl sites for hydroxylation is 1. The van der Waals surface area contributed by atoms with Gasteiger partial charge in [0.15, 0.2) is 0 Å². The molecule has 1 aromatic rings. The maximum Gasteiger partial charge on any atom is 0.351 e. The first-order valence-electron chi connectivity index (χ1n) is 4.00. The summed E-state index contributed by atoms with van der Waals surface area (Å²) in [5.41, 5.74) is 1.07. The molecule has 0 aliphatic rings. The summed E-state index contributed by atoms with van der Waals surface area (Å²) in [5.74, 6) is 0.281. The van der Waals surface area contributed by atoms with Crippen LogP contribution in [-0.4, -0.2) is 5.97 Å². The Balaban J connectivity index is 2.80. The number of rotatable bonds is 2. The quantitative estimate of drug-likeness (QED) is 0.241. The van der Waals surface area contributed by atoms with Crippen LogP contribution in [0.15, 0.2) is 29.4 Å². The summed E-state index contributed by atoms with van der Waals surface area (Å²) in [5, 5.41) is 0. The zero-order valence-electron chi connectivity index (χ0n) is 7.76. The minimum Gasteiger partial charge on any atom is -0.423 e. The first-order valence-corrected chi connectivity index (χ1v) is 7.24. The summed E-state index contributed by atoms with van der Waals surface area (Å²) in [6, 6.07) is 7.43. The third-order valence-corrected chi connectivity index (χ3v) is 5.67. The van der Waals surface area contributed by atoms with Crippen molar-refractivity contribution < 1.29 is 9.53 Å². The summed E-state index contributed by atoms with van der Waals surface area (Å²) in [7, 11) is 0. The predicted octanol–water partition coefficient (Wildman–Crippen LogP) is 4.37. The number of benzene rings is 1. The lowest BCUT2D eigenvalue weighted by Gasteiger charge is -2.04. The molecule has 80 valence electrons. The van der Waals surface area contributed by atoms with Crippen molar-refractivity contribution in [1.82, 2.24) is 0 Å². The molecule has 15 heavy (non-hydrogen) atoms. The van der Waals surface area contributed by atoms with Crippen LogP contribution in [0.5, 0.6) is 5.75 Å². The number of halogens is 3. The molecular formula is C10H7I3O2. The maximum atomic E-state index is 11.6. The van der Waals surface area contributed by atoms with Gasteiger partial charge in [0.2, 0.25) is 0 Å². The van der Waals surface area contributed by atoms with Crippen molar-refractivity contribution in [2.24, 2.45) is 0 Å². The van der Waals surface area contributed by atoms with Gasteiger partial charge in [-0.25, -0.2) is 4.79 Å². The number of carbonyl (C=O) groups is 1. The summed E-state index contributed by atoms with van der Waals surface area (Å²) in [6.07, 6.45) is 0. The number of carbonyl (C=O) groups excluding carboxylic acids is 1. The van der Waals surface area contributed by atoms with Gasteiger partial charge < -0.3 is 4.74 Å². The van der Waals surface area contributed by atoms with E-state index < -0.39 is 0 Å². The number of ether oxygens (including phenoxy) is 1. The predicted molar refractivity (Wildman–Crippen MR) is 85.9 cm³/mol. The van der Waals surface area contributed by atoms with Crippen LogP contribution in [0, 0.1) is 6.92 Å². The van der Waals surface area contributed by atoms with Crippen molar-refractivity contribution in [3.05, 3.63) is 35.0 Å².